The third-order valence-electron chi connectivity index (χ3n) is 3.61. The molecule has 126 valence electrons. The van der Waals surface area contributed by atoms with Crippen LogP contribution in [0.4, 0.5) is 4.39 Å². The molecular formula is C15H14FN3O4S. The Bertz CT molecular complexity index is 1090. The van der Waals surface area contributed by atoms with Crippen molar-refractivity contribution in [3.05, 3.63) is 52.3 Å². The molecule has 3 aromatic rings. The highest BCUT2D eigenvalue weighted by Crippen LogP contribution is 2.21. The molecule has 0 bridgehead atoms. The summed E-state index contributed by atoms with van der Waals surface area (Å²) in [4.78, 5) is 19.9. The first kappa shape index (κ1) is 16.3. The quantitative estimate of drug-likeness (QED) is 0.710. The van der Waals surface area contributed by atoms with Gasteiger partial charge in [-0.1, -0.05) is 6.92 Å². The monoisotopic (exact) mass is 351 g/mol. The minimum absolute atomic E-state index is 0.0169. The second-order valence-electron chi connectivity index (χ2n) is 5.22. The number of aryl methyl sites for hydroxylation is 1. The minimum atomic E-state index is -3.35. The third-order valence-corrected chi connectivity index (χ3v) is 5.34. The van der Waals surface area contributed by atoms with Gasteiger partial charge in [0.25, 0.3) is 5.56 Å². The fourth-order valence-electron chi connectivity index (χ4n) is 2.19. The summed E-state index contributed by atoms with van der Waals surface area (Å²) in [6.07, 6.45) is 1.21. The van der Waals surface area contributed by atoms with Gasteiger partial charge in [0, 0.05) is 0 Å². The van der Waals surface area contributed by atoms with Crippen LogP contribution in [-0.2, 0) is 16.4 Å². The Morgan fingerprint density at radius 3 is 2.79 bits per heavy atom. The molecule has 0 atom stereocenters. The largest absolute Gasteiger partial charge is 0.439 e. The molecule has 3 rings (SSSR count). The van der Waals surface area contributed by atoms with Gasteiger partial charge < -0.3 is 4.42 Å². The second-order valence-corrected chi connectivity index (χ2v) is 7.50. The van der Waals surface area contributed by atoms with Gasteiger partial charge in [-0.15, -0.1) is 0 Å². The van der Waals surface area contributed by atoms with Gasteiger partial charge in [-0.05, 0) is 25.1 Å². The Kier molecular flexibility index (Phi) is 3.96. The molecule has 0 amide bonds. The number of oxazole rings is 1. The Balaban J connectivity index is 2.00. The zero-order valence-electron chi connectivity index (χ0n) is 13.0. The molecule has 0 N–H and O–H groups in total. The highest BCUT2D eigenvalue weighted by atomic mass is 32.2. The number of halogens is 1. The fourth-order valence-corrected chi connectivity index (χ4v) is 3.09. The minimum Gasteiger partial charge on any atom is -0.439 e. The number of nitrogens with zero attached hydrogens (tertiary/aromatic N) is 3. The van der Waals surface area contributed by atoms with E-state index >= 15 is 0 Å². The molecule has 0 unspecified atom stereocenters. The molecule has 0 saturated heterocycles. The SMILES string of the molecule is CCS(=O)(=O)c1ccc2oc(Cn3cnc(C)c(F)c3=O)nc2c1. The average Bonchev–Trinajstić information content (AvgIpc) is 2.97. The van der Waals surface area contributed by atoms with E-state index in [0.29, 0.717) is 11.1 Å². The van der Waals surface area contributed by atoms with Crippen LogP contribution in [0.5, 0.6) is 0 Å². The summed E-state index contributed by atoms with van der Waals surface area (Å²) in [6.45, 7) is 2.85. The number of aromatic nitrogens is 3. The first-order chi connectivity index (χ1) is 11.3. The zero-order chi connectivity index (χ0) is 17.5. The summed E-state index contributed by atoms with van der Waals surface area (Å²) in [5.41, 5.74) is -0.0657. The molecule has 0 aliphatic rings. The number of benzene rings is 1. The van der Waals surface area contributed by atoms with Gasteiger partial charge in [0.1, 0.15) is 12.1 Å². The van der Waals surface area contributed by atoms with Crippen LogP contribution in [0.1, 0.15) is 18.5 Å². The van der Waals surface area contributed by atoms with E-state index in [9.17, 15) is 17.6 Å². The molecule has 2 heterocycles. The molecule has 0 aliphatic heterocycles. The zero-order valence-corrected chi connectivity index (χ0v) is 13.8. The normalized spacial score (nSPS) is 12.0. The van der Waals surface area contributed by atoms with Crippen LogP contribution in [0, 0.1) is 12.7 Å². The first-order valence-electron chi connectivity index (χ1n) is 7.15. The van der Waals surface area contributed by atoms with Crippen molar-refractivity contribution in [3.8, 4) is 0 Å². The highest BCUT2D eigenvalue weighted by Gasteiger charge is 2.15. The maximum atomic E-state index is 13.6. The van der Waals surface area contributed by atoms with E-state index in [1.165, 1.54) is 31.5 Å². The van der Waals surface area contributed by atoms with Crippen LogP contribution in [0.3, 0.4) is 0 Å². The first-order valence-corrected chi connectivity index (χ1v) is 8.81. The van der Waals surface area contributed by atoms with Crippen molar-refractivity contribution in [2.45, 2.75) is 25.3 Å². The van der Waals surface area contributed by atoms with Gasteiger partial charge in [-0.3, -0.25) is 9.36 Å². The van der Waals surface area contributed by atoms with E-state index in [4.69, 9.17) is 4.42 Å². The lowest BCUT2D eigenvalue weighted by atomic mass is 10.3. The van der Waals surface area contributed by atoms with Gasteiger partial charge in [0.05, 0.1) is 22.7 Å². The van der Waals surface area contributed by atoms with E-state index in [0.717, 1.165) is 4.57 Å². The summed E-state index contributed by atoms with van der Waals surface area (Å²) in [6, 6.07) is 4.36. The number of hydrogen-bond acceptors (Lipinski definition) is 6. The van der Waals surface area contributed by atoms with Crippen LogP contribution in [0.2, 0.25) is 0 Å². The van der Waals surface area contributed by atoms with Crippen LogP contribution in [0.25, 0.3) is 11.1 Å². The molecule has 9 heteroatoms. The van der Waals surface area contributed by atoms with Crippen LogP contribution >= 0.6 is 0 Å². The molecule has 24 heavy (non-hydrogen) atoms. The average molecular weight is 351 g/mol. The third kappa shape index (κ3) is 2.82. The second kappa shape index (κ2) is 5.82. The van der Waals surface area contributed by atoms with E-state index in [1.54, 1.807) is 6.92 Å². The van der Waals surface area contributed by atoms with Gasteiger partial charge in [0.15, 0.2) is 15.4 Å². The number of sulfone groups is 1. The number of rotatable bonds is 4. The molecule has 0 aliphatic carbocycles. The van der Waals surface area contributed by atoms with Crippen molar-refractivity contribution in [1.82, 2.24) is 14.5 Å². The van der Waals surface area contributed by atoms with Crippen LogP contribution < -0.4 is 5.56 Å². The lowest BCUT2D eigenvalue weighted by molar-refractivity contribution is 0.486. The molecule has 0 radical (unpaired) electrons. The Hall–Kier alpha value is -2.55. The standard InChI is InChI=1S/C15H14FN3O4S/c1-3-24(21,22)10-4-5-12-11(6-10)18-13(23-12)7-19-8-17-9(2)14(16)15(19)20/h4-6,8H,3,7H2,1-2H3. The summed E-state index contributed by atoms with van der Waals surface area (Å²) < 4.78 is 43.9. The highest BCUT2D eigenvalue weighted by molar-refractivity contribution is 7.91. The summed E-state index contributed by atoms with van der Waals surface area (Å²) >= 11 is 0. The molecule has 1 aromatic carbocycles. The van der Waals surface area contributed by atoms with Crippen molar-refractivity contribution >= 4 is 20.9 Å². The summed E-state index contributed by atoms with van der Waals surface area (Å²) in [5.74, 6) is -0.791. The molecule has 0 saturated carbocycles. The van der Waals surface area contributed by atoms with E-state index in [1.807, 2.05) is 0 Å². The fraction of sp³-hybridized carbons (Fsp3) is 0.267. The van der Waals surface area contributed by atoms with Crippen LogP contribution in [-0.4, -0.2) is 28.7 Å². The Morgan fingerprint density at radius 2 is 2.08 bits per heavy atom. The molecule has 7 nitrogen and oxygen atoms in total. The van der Waals surface area contributed by atoms with E-state index in [2.05, 4.69) is 9.97 Å². The molecule has 2 aromatic heterocycles. The van der Waals surface area contributed by atoms with Gasteiger partial charge >= 0.3 is 0 Å². The van der Waals surface area contributed by atoms with Gasteiger partial charge in [-0.2, -0.15) is 4.39 Å². The smallest absolute Gasteiger partial charge is 0.290 e. The van der Waals surface area contributed by atoms with E-state index in [-0.39, 0.29) is 28.8 Å². The van der Waals surface area contributed by atoms with Crippen molar-refractivity contribution in [3.63, 3.8) is 0 Å². The molecule has 0 spiro atoms. The van der Waals surface area contributed by atoms with Gasteiger partial charge in [0.2, 0.25) is 11.7 Å². The predicted molar refractivity (Wildman–Crippen MR) is 84.0 cm³/mol. The molecule has 0 fully saturated rings. The lowest BCUT2D eigenvalue weighted by Crippen LogP contribution is -2.25. The lowest BCUT2D eigenvalue weighted by Gasteiger charge is -2.02. The number of fused-ring (bicyclic) bond motifs is 1. The van der Waals surface area contributed by atoms with Crippen molar-refractivity contribution in [1.29, 1.82) is 0 Å². The Morgan fingerprint density at radius 1 is 1.33 bits per heavy atom. The maximum Gasteiger partial charge on any atom is 0.290 e. The molecular weight excluding hydrogens is 337 g/mol. The van der Waals surface area contributed by atoms with Gasteiger partial charge in [-0.25, -0.2) is 18.4 Å². The predicted octanol–water partition coefficient (Wildman–Crippen LogP) is 1.67. The topological polar surface area (TPSA) is 95.1 Å². The number of hydrogen-bond donors (Lipinski definition) is 0. The summed E-state index contributed by atoms with van der Waals surface area (Å²) in [5, 5.41) is 0. The maximum absolute atomic E-state index is 13.6. The van der Waals surface area contributed by atoms with Crippen molar-refractivity contribution < 1.29 is 17.2 Å². The summed E-state index contributed by atoms with van der Waals surface area (Å²) in [7, 11) is -3.35. The van der Waals surface area contributed by atoms with Crippen molar-refractivity contribution in [2.24, 2.45) is 0 Å². The van der Waals surface area contributed by atoms with E-state index < -0.39 is 21.2 Å². The Labute approximate surface area is 136 Å². The van der Waals surface area contributed by atoms with Crippen molar-refractivity contribution in [2.75, 3.05) is 5.75 Å². The van der Waals surface area contributed by atoms with Crippen LogP contribution in [0.15, 0.2) is 38.6 Å².